The van der Waals surface area contributed by atoms with Crippen LogP contribution in [0.3, 0.4) is 0 Å². The minimum absolute atomic E-state index is 0.214. The molecule has 132 valence electrons. The third-order valence-corrected chi connectivity index (χ3v) is 2.98. The molecule has 10 heteroatoms. The largest absolute Gasteiger partial charge is 0.480 e. The van der Waals surface area contributed by atoms with E-state index in [-0.39, 0.29) is 13.0 Å². The van der Waals surface area contributed by atoms with Gasteiger partial charge in [-0.25, -0.2) is 5.84 Å². The van der Waals surface area contributed by atoms with Crippen molar-refractivity contribution in [3.63, 3.8) is 0 Å². The van der Waals surface area contributed by atoms with Gasteiger partial charge in [-0.05, 0) is 19.3 Å². The van der Waals surface area contributed by atoms with Crippen molar-refractivity contribution in [1.29, 1.82) is 0 Å². The molecule has 0 heterocycles. The summed E-state index contributed by atoms with van der Waals surface area (Å²) in [4.78, 5) is 33.0. The molecule has 0 aromatic heterocycles. The Morgan fingerprint density at radius 3 is 2.48 bits per heavy atom. The molecule has 1 amide bonds. The maximum Gasteiger partial charge on any atom is 0.321 e. The predicted octanol–water partition coefficient (Wildman–Crippen LogP) is -2.42. The van der Waals surface area contributed by atoms with Crippen LogP contribution in [0.2, 0.25) is 0 Å². The summed E-state index contributed by atoms with van der Waals surface area (Å²) in [5, 5.41) is 12.5. The molecule has 2 unspecified atom stereocenters. The number of carboxylic acids is 1. The van der Waals surface area contributed by atoms with Crippen LogP contribution in [0.4, 0.5) is 0 Å². The first-order valence-electron chi connectivity index (χ1n) is 7.20. The molecular formula is C13H26N6O4. The maximum absolute atomic E-state index is 11.5. The topological polar surface area (TPSA) is 191 Å². The highest BCUT2D eigenvalue weighted by atomic mass is 16.4. The number of aldehydes is 1. The van der Waals surface area contributed by atoms with Crippen molar-refractivity contribution in [3.8, 4) is 0 Å². The van der Waals surface area contributed by atoms with Gasteiger partial charge in [0.15, 0.2) is 0 Å². The van der Waals surface area contributed by atoms with E-state index in [0.29, 0.717) is 37.8 Å². The molecule has 10 nitrogen and oxygen atoms in total. The average Bonchev–Trinajstić information content (AvgIpc) is 2.49. The Labute approximate surface area is 134 Å². The monoisotopic (exact) mass is 330 g/mol. The van der Waals surface area contributed by atoms with E-state index in [2.05, 4.69) is 5.32 Å². The lowest BCUT2D eigenvalue weighted by molar-refractivity contribution is -0.140. The Kier molecular flexibility index (Phi) is 10.3. The van der Waals surface area contributed by atoms with E-state index in [1.807, 2.05) is 0 Å². The fourth-order valence-corrected chi connectivity index (χ4v) is 1.72. The second kappa shape index (κ2) is 11.4. The molecule has 0 spiro atoms. The first-order valence-corrected chi connectivity index (χ1v) is 7.20. The van der Waals surface area contributed by atoms with E-state index in [9.17, 15) is 14.4 Å². The van der Waals surface area contributed by atoms with Crippen molar-refractivity contribution in [1.82, 2.24) is 10.3 Å². The van der Waals surface area contributed by atoms with Crippen LogP contribution in [-0.4, -0.2) is 53.5 Å². The number of hydrogen-bond donors (Lipinski definition) is 6. The zero-order valence-corrected chi connectivity index (χ0v) is 13.0. The Balaban J connectivity index is 4.05. The zero-order chi connectivity index (χ0) is 17.8. The van der Waals surface area contributed by atoms with Crippen LogP contribution in [0.15, 0.2) is 11.9 Å². The molecule has 0 aliphatic heterocycles. The number of nitrogens with one attached hydrogen (secondary N) is 1. The predicted molar refractivity (Wildman–Crippen MR) is 84.3 cm³/mol. The van der Waals surface area contributed by atoms with Crippen LogP contribution in [0.1, 0.15) is 25.7 Å². The lowest BCUT2D eigenvalue weighted by atomic mass is 10.1. The van der Waals surface area contributed by atoms with Gasteiger partial charge in [0.05, 0.1) is 12.5 Å². The number of unbranched alkanes of at least 4 members (excludes halogenated alkanes) is 1. The van der Waals surface area contributed by atoms with Gasteiger partial charge in [0.25, 0.3) is 0 Å². The van der Waals surface area contributed by atoms with Crippen LogP contribution < -0.4 is 28.4 Å². The highest BCUT2D eigenvalue weighted by Gasteiger charge is 2.18. The number of nitrogens with two attached hydrogens (primary N) is 4. The SMILES string of the molecule is NC/C(N)=C/N(N)CCCCC(C=O)NC(=O)CC(N)C(=O)O. The van der Waals surface area contributed by atoms with E-state index < -0.39 is 24.0 Å². The first kappa shape index (κ1) is 20.8. The number of hydrazine groups is 1. The molecule has 0 aromatic rings. The molecule has 0 bridgehead atoms. The number of hydrogen-bond acceptors (Lipinski definition) is 8. The molecule has 0 aliphatic rings. The van der Waals surface area contributed by atoms with Crippen LogP contribution in [0.5, 0.6) is 0 Å². The standard InChI is InChI=1S/C13H26N6O4/c14-6-9(15)7-19(17)4-2-1-3-10(8-20)18-12(21)5-11(16)13(22)23/h7-8,10-11H,1-6,14-17H2,(H,18,21)(H,22,23)/b9-7-. The van der Waals surface area contributed by atoms with E-state index in [1.54, 1.807) is 0 Å². The summed E-state index contributed by atoms with van der Waals surface area (Å²) >= 11 is 0. The van der Waals surface area contributed by atoms with Crippen molar-refractivity contribution < 1.29 is 19.5 Å². The van der Waals surface area contributed by atoms with Gasteiger partial charge < -0.3 is 37.4 Å². The quantitative estimate of drug-likeness (QED) is 0.0977. The summed E-state index contributed by atoms with van der Waals surface area (Å²) in [7, 11) is 0. The normalized spacial score (nSPS) is 14.0. The zero-order valence-electron chi connectivity index (χ0n) is 13.0. The number of amides is 1. The summed E-state index contributed by atoms with van der Waals surface area (Å²) in [6, 6.07) is -1.97. The smallest absolute Gasteiger partial charge is 0.321 e. The molecule has 0 rings (SSSR count). The molecule has 0 saturated heterocycles. The summed E-state index contributed by atoms with van der Waals surface area (Å²) in [6.07, 6.45) is 3.50. The molecule has 0 fully saturated rings. The summed E-state index contributed by atoms with van der Waals surface area (Å²) in [5.41, 5.74) is 16.6. The van der Waals surface area contributed by atoms with E-state index in [4.69, 9.17) is 28.2 Å². The number of carboxylic acid groups (broad SMARTS) is 1. The number of nitrogens with zero attached hydrogens (tertiary/aromatic N) is 1. The summed E-state index contributed by atoms with van der Waals surface area (Å²) in [6.45, 7) is 0.732. The van der Waals surface area contributed by atoms with Gasteiger partial charge in [-0.3, -0.25) is 9.59 Å². The molecule has 10 N–H and O–H groups in total. The molecular weight excluding hydrogens is 304 g/mol. The fraction of sp³-hybridized carbons (Fsp3) is 0.615. The lowest BCUT2D eigenvalue weighted by Gasteiger charge is -2.16. The van der Waals surface area contributed by atoms with Crippen LogP contribution >= 0.6 is 0 Å². The van der Waals surface area contributed by atoms with Gasteiger partial charge in [0.1, 0.15) is 12.3 Å². The molecule has 23 heavy (non-hydrogen) atoms. The number of rotatable bonds is 12. The lowest BCUT2D eigenvalue weighted by Crippen LogP contribution is -2.41. The maximum atomic E-state index is 11.5. The Morgan fingerprint density at radius 1 is 1.30 bits per heavy atom. The van der Waals surface area contributed by atoms with E-state index in [1.165, 1.54) is 11.2 Å². The van der Waals surface area contributed by atoms with E-state index in [0.717, 1.165) is 0 Å². The Hall–Kier alpha value is -2.17. The molecule has 2 atom stereocenters. The Morgan fingerprint density at radius 2 is 1.96 bits per heavy atom. The van der Waals surface area contributed by atoms with Crippen LogP contribution in [-0.2, 0) is 14.4 Å². The second-order valence-electron chi connectivity index (χ2n) is 5.10. The third-order valence-electron chi connectivity index (χ3n) is 2.98. The van der Waals surface area contributed by atoms with Crippen molar-refractivity contribution >= 4 is 18.2 Å². The van der Waals surface area contributed by atoms with Gasteiger partial charge in [-0.1, -0.05) is 0 Å². The van der Waals surface area contributed by atoms with Crippen LogP contribution in [0, 0.1) is 0 Å². The van der Waals surface area contributed by atoms with Crippen LogP contribution in [0.25, 0.3) is 0 Å². The summed E-state index contributed by atoms with van der Waals surface area (Å²) in [5.74, 6) is 3.84. The van der Waals surface area contributed by atoms with Crippen molar-refractivity contribution in [3.05, 3.63) is 11.9 Å². The molecule has 0 aliphatic carbocycles. The minimum atomic E-state index is -1.28. The van der Waals surface area contributed by atoms with Crippen molar-refractivity contribution in [2.75, 3.05) is 13.1 Å². The highest BCUT2D eigenvalue weighted by molar-refractivity contribution is 5.85. The Bertz CT molecular complexity index is 429. The van der Waals surface area contributed by atoms with E-state index >= 15 is 0 Å². The minimum Gasteiger partial charge on any atom is -0.480 e. The second-order valence-corrected chi connectivity index (χ2v) is 5.10. The van der Waals surface area contributed by atoms with Gasteiger partial charge in [-0.2, -0.15) is 0 Å². The average molecular weight is 330 g/mol. The molecule has 0 aromatic carbocycles. The first-order chi connectivity index (χ1) is 10.8. The van der Waals surface area contributed by atoms with Crippen molar-refractivity contribution in [2.45, 2.75) is 37.8 Å². The molecule has 0 saturated carbocycles. The number of aliphatic carboxylic acids is 1. The summed E-state index contributed by atoms with van der Waals surface area (Å²) < 4.78 is 0. The van der Waals surface area contributed by atoms with Gasteiger partial charge in [0.2, 0.25) is 5.91 Å². The van der Waals surface area contributed by atoms with Gasteiger partial charge in [-0.15, -0.1) is 0 Å². The van der Waals surface area contributed by atoms with Gasteiger partial charge in [0, 0.05) is 25.0 Å². The number of carbonyl (C=O) groups is 3. The molecule has 0 radical (unpaired) electrons. The number of carbonyl (C=O) groups excluding carboxylic acids is 2. The highest BCUT2D eigenvalue weighted by Crippen LogP contribution is 2.02. The van der Waals surface area contributed by atoms with Crippen molar-refractivity contribution in [2.24, 2.45) is 23.0 Å². The fourth-order valence-electron chi connectivity index (χ4n) is 1.72. The van der Waals surface area contributed by atoms with Gasteiger partial charge >= 0.3 is 5.97 Å². The third kappa shape index (κ3) is 10.2.